The molecule has 4 heteroatoms. The predicted molar refractivity (Wildman–Crippen MR) is 75.0 cm³/mol. The molecule has 18 heavy (non-hydrogen) atoms. The van der Waals surface area contributed by atoms with Crippen LogP contribution in [-0.2, 0) is 13.1 Å². The van der Waals surface area contributed by atoms with Gasteiger partial charge < -0.3 is 14.6 Å². The van der Waals surface area contributed by atoms with Crippen LogP contribution in [0, 0.1) is 0 Å². The normalized spacial score (nSPS) is 10.6. The summed E-state index contributed by atoms with van der Waals surface area (Å²) in [4.78, 5) is 2.11. The first-order valence-electron chi connectivity index (χ1n) is 5.87. The molecule has 0 unspecified atom stereocenters. The summed E-state index contributed by atoms with van der Waals surface area (Å²) >= 11 is 6.24. The minimum atomic E-state index is 0.731. The molecule has 1 heterocycles. The van der Waals surface area contributed by atoms with Gasteiger partial charge in [-0.25, -0.2) is 0 Å². The van der Waals surface area contributed by atoms with Crippen LogP contribution in [0.4, 0.5) is 5.69 Å². The van der Waals surface area contributed by atoms with Gasteiger partial charge in [0.2, 0.25) is 0 Å². The fourth-order valence-electron chi connectivity index (χ4n) is 1.84. The fraction of sp³-hybridized carbons (Fsp3) is 0.286. The highest BCUT2D eigenvalue weighted by Gasteiger charge is 2.07. The van der Waals surface area contributed by atoms with E-state index in [0.29, 0.717) is 0 Å². The Morgan fingerprint density at radius 1 is 1.33 bits per heavy atom. The lowest BCUT2D eigenvalue weighted by molar-refractivity contribution is 0.507. The van der Waals surface area contributed by atoms with Crippen LogP contribution in [0.5, 0.6) is 0 Å². The van der Waals surface area contributed by atoms with E-state index < -0.39 is 0 Å². The maximum absolute atomic E-state index is 6.24. The molecule has 0 radical (unpaired) electrons. The first kappa shape index (κ1) is 13.0. The van der Waals surface area contributed by atoms with Crippen molar-refractivity contribution in [3.8, 4) is 0 Å². The number of anilines is 1. The van der Waals surface area contributed by atoms with Crippen LogP contribution >= 0.6 is 11.6 Å². The van der Waals surface area contributed by atoms with Gasteiger partial charge in [0, 0.05) is 24.3 Å². The smallest absolute Gasteiger partial charge is 0.123 e. The van der Waals surface area contributed by atoms with Gasteiger partial charge in [0.05, 0.1) is 12.8 Å². The van der Waals surface area contributed by atoms with Crippen molar-refractivity contribution >= 4 is 17.3 Å². The van der Waals surface area contributed by atoms with E-state index in [0.717, 1.165) is 35.1 Å². The molecule has 0 aliphatic heterocycles. The number of halogens is 1. The second-order valence-corrected chi connectivity index (χ2v) is 4.65. The van der Waals surface area contributed by atoms with Crippen molar-refractivity contribution in [2.24, 2.45) is 0 Å². The molecule has 0 saturated carbocycles. The summed E-state index contributed by atoms with van der Waals surface area (Å²) in [5, 5.41) is 3.88. The van der Waals surface area contributed by atoms with Gasteiger partial charge in [0.15, 0.2) is 0 Å². The van der Waals surface area contributed by atoms with Crippen LogP contribution in [0.15, 0.2) is 41.0 Å². The SMILES string of the molecule is CNCc1ccc(N(C)Cc2ccco2)cc1Cl. The number of nitrogens with one attached hydrogen (secondary N) is 1. The van der Waals surface area contributed by atoms with Crippen LogP contribution in [0.1, 0.15) is 11.3 Å². The van der Waals surface area contributed by atoms with Gasteiger partial charge in [-0.3, -0.25) is 0 Å². The molecule has 0 aliphatic rings. The Bertz CT molecular complexity index is 497. The second kappa shape index (κ2) is 5.94. The topological polar surface area (TPSA) is 28.4 Å². The molecule has 0 saturated heterocycles. The summed E-state index contributed by atoms with van der Waals surface area (Å²) in [6, 6.07) is 9.96. The molecule has 2 rings (SSSR count). The van der Waals surface area contributed by atoms with Crippen LogP contribution in [-0.4, -0.2) is 14.1 Å². The average Bonchev–Trinajstić information content (AvgIpc) is 2.84. The lowest BCUT2D eigenvalue weighted by atomic mass is 10.2. The Morgan fingerprint density at radius 3 is 2.78 bits per heavy atom. The molecule has 1 aromatic carbocycles. The van der Waals surface area contributed by atoms with E-state index in [2.05, 4.69) is 16.3 Å². The highest BCUT2D eigenvalue weighted by molar-refractivity contribution is 6.31. The van der Waals surface area contributed by atoms with Gasteiger partial charge in [-0.1, -0.05) is 17.7 Å². The van der Waals surface area contributed by atoms with Crippen LogP contribution in [0.2, 0.25) is 5.02 Å². The van der Waals surface area contributed by atoms with Crippen molar-refractivity contribution in [3.63, 3.8) is 0 Å². The molecule has 1 N–H and O–H groups in total. The van der Waals surface area contributed by atoms with E-state index in [4.69, 9.17) is 16.0 Å². The van der Waals surface area contributed by atoms with Crippen LogP contribution in [0.25, 0.3) is 0 Å². The van der Waals surface area contributed by atoms with Gasteiger partial charge >= 0.3 is 0 Å². The first-order chi connectivity index (χ1) is 8.70. The molecule has 2 aromatic rings. The van der Waals surface area contributed by atoms with E-state index in [-0.39, 0.29) is 0 Å². The summed E-state index contributed by atoms with van der Waals surface area (Å²) in [5.74, 6) is 0.938. The number of rotatable bonds is 5. The van der Waals surface area contributed by atoms with E-state index in [1.165, 1.54) is 0 Å². The summed E-state index contributed by atoms with van der Waals surface area (Å²) in [7, 11) is 3.93. The van der Waals surface area contributed by atoms with Crippen molar-refractivity contribution in [1.29, 1.82) is 0 Å². The third kappa shape index (κ3) is 3.06. The summed E-state index contributed by atoms with van der Waals surface area (Å²) in [6.45, 7) is 1.51. The monoisotopic (exact) mass is 264 g/mol. The molecule has 3 nitrogen and oxygen atoms in total. The molecule has 0 aliphatic carbocycles. The Morgan fingerprint density at radius 2 is 2.17 bits per heavy atom. The summed E-state index contributed by atoms with van der Waals surface area (Å²) in [6.07, 6.45) is 1.69. The maximum Gasteiger partial charge on any atom is 0.123 e. The zero-order chi connectivity index (χ0) is 13.0. The third-order valence-electron chi connectivity index (χ3n) is 2.82. The molecule has 0 atom stereocenters. The summed E-state index contributed by atoms with van der Waals surface area (Å²) < 4.78 is 5.33. The number of nitrogens with zero attached hydrogens (tertiary/aromatic N) is 1. The number of furan rings is 1. The Labute approximate surface area is 112 Å². The van der Waals surface area contributed by atoms with Crippen molar-refractivity contribution in [2.75, 3.05) is 19.0 Å². The van der Waals surface area contributed by atoms with E-state index in [1.807, 2.05) is 38.4 Å². The van der Waals surface area contributed by atoms with Crippen LogP contribution in [0.3, 0.4) is 0 Å². The van der Waals surface area contributed by atoms with E-state index in [1.54, 1.807) is 6.26 Å². The van der Waals surface area contributed by atoms with Crippen molar-refractivity contribution in [2.45, 2.75) is 13.1 Å². The number of benzene rings is 1. The Hall–Kier alpha value is -1.45. The van der Waals surface area contributed by atoms with Crippen molar-refractivity contribution < 1.29 is 4.42 Å². The molecular formula is C14H17ClN2O. The molecule has 0 amide bonds. The Kier molecular flexibility index (Phi) is 4.28. The predicted octanol–water partition coefficient (Wildman–Crippen LogP) is 3.29. The van der Waals surface area contributed by atoms with Gasteiger partial charge in [0.1, 0.15) is 5.76 Å². The minimum Gasteiger partial charge on any atom is -0.467 e. The van der Waals surface area contributed by atoms with Gasteiger partial charge in [-0.15, -0.1) is 0 Å². The Balaban J connectivity index is 2.11. The molecule has 1 aromatic heterocycles. The standard InChI is InChI=1S/C14H17ClN2O/c1-16-9-11-5-6-12(8-14(11)15)17(2)10-13-4-3-7-18-13/h3-8,16H,9-10H2,1-2H3. The van der Waals surface area contributed by atoms with E-state index >= 15 is 0 Å². The number of hydrogen-bond donors (Lipinski definition) is 1. The number of hydrogen-bond acceptors (Lipinski definition) is 3. The highest BCUT2D eigenvalue weighted by atomic mass is 35.5. The lowest BCUT2D eigenvalue weighted by Gasteiger charge is -2.19. The zero-order valence-corrected chi connectivity index (χ0v) is 11.4. The molecule has 0 spiro atoms. The molecule has 96 valence electrons. The van der Waals surface area contributed by atoms with Gasteiger partial charge in [0.25, 0.3) is 0 Å². The average molecular weight is 265 g/mol. The third-order valence-corrected chi connectivity index (χ3v) is 3.17. The molecular weight excluding hydrogens is 248 g/mol. The first-order valence-corrected chi connectivity index (χ1v) is 6.25. The molecule has 0 bridgehead atoms. The van der Waals surface area contributed by atoms with Crippen molar-refractivity contribution in [1.82, 2.24) is 5.32 Å². The summed E-state index contributed by atoms with van der Waals surface area (Å²) in [5.41, 5.74) is 2.19. The van der Waals surface area contributed by atoms with E-state index in [9.17, 15) is 0 Å². The van der Waals surface area contributed by atoms with Crippen LogP contribution < -0.4 is 10.2 Å². The highest BCUT2D eigenvalue weighted by Crippen LogP contribution is 2.24. The lowest BCUT2D eigenvalue weighted by Crippen LogP contribution is -2.16. The van der Waals surface area contributed by atoms with Gasteiger partial charge in [-0.05, 0) is 36.9 Å². The van der Waals surface area contributed by atoms with Crippen molar-refractivity contribution in [3.05, 3.63) is 52.9 Å². The largest absolute Gasteiger partial charge is 0.467 e. The quantitative estimate of drug-likeness (QED) is 0.898. The minimum absolute atomic E-state index is 0.731. The fourth-order valence-corrected chi connectivity index (χ4v) is 2.08. The second-order valence-electron chi connectivity index (χ2n) is 4.24. The van der Waals surface area contributed by atoms with Gasteiger partial charge in [-0.2, -0.15) is 0 Å². The zero-order valence-electron chi connectivity index (χ0n) is 10.6. The molecule has 0 fully saturated rings. The maximum atomic E-state index is 6.24.